The molecule has 0 aromatic rings. The first kappa shape index (κ1) is 14.1. The van der Waals surface area contributed by atoms with Crippen molar-refractivity contribution in [3.05, 3.63) is 12.3 Å². The lowest BCUT2D eigenvalue weighted by molar-refractivity contribution is -0.223. The molecule has 0 aliphatic carbocycles. The van der Waals surface area contributed by atoms with Crippen LogP contribution in [0.3, 0.4) is 0 Å². The van der Waals surface area contributed by atoms with Gasteiger partial charge in [-0.3, -0.25) is 4.89 Å². The third kappa shape index (κ3) is 2.68. The Kier molecular flexibility index (Phi) is 3.47. The normalized spacial score (nSPS) is 26.6. The topological polar surface area (TPSA) is 72.9 Å². The van der Waals surface area contributed by atoms with E-state index in [1.54, 1.807) is 11.1 Å². The zero-order valence-electron chi connectivity index (χ0n) is 9.46. The summed E-state index contributed by atoms with van der Waals surface area (Å²) in [6.45, 7) is 0.562. The third-order valence-corrected chi connectivity index (χ3v) is 3.84. The minimum atomic E-state index is -5.93. The average molecular weight is 301 g/mol. The molecular formula is C9H10F3NO5S. The molecule has 0 radical (unpaired) electrons. The highest BCUT2D eigenvalue weighted by atomic mass is 32.2. The highest BCUT2D eigenvalue weighted by Gasteiger charge is 2.50. The second-order valence-electron chi connectivity index (χ2n) is 4.22. The van der Waals surface area contributed by atoms with Crippen LogP contribution < -0.4 is 0 Å². The molecule has 2 aliphatic heterocycles. The van der Waals surface area contributed by atoms with Crippen LogP contribution in [0.5, 0.6) is 0 Å². The van der Waals surface area contributed by atoms with E-state index in [2.05, 4.69) is 9.22 Å². The Bertz CT molecular complexity index is 500. The van der Waals surface area contributed by atoms with E-state index in [4.69, 9.17) is 0 Å². The van der Waals surface area contributed by atoms with E-state index in [0.29, 0.717) is 19.4 Å². The van der Waals surface area contributed by atoms with E-state index >= 15 is 0 Å². The molecule has 1 fully saturated rings. The van der Waals surface area contributed by atoms with Crippen LogP contribution in [0.2, 0.25) is 0 Å². The molecule has 1 saturated heterocycles. The van der Waals surface area contributed by atoms with Crippen molar-refractivity contribution in [1.82, 2.24) is 4.90 Å². The van der Waals surface area contributed by atoms with Crippen LogP contribution >= 0.6 is 0 Å². The second-order valence-corrected chi connectivity index (χ2v) is 5.73. The van der Waals surface area contributed by atoms with E-state index in [1.165, 1.54) is 0 Å². The number of rotatable bonds is 3. The summed E-state index contributed by atoms with van der Waals surface area (Å²) in [4.78, 5) is 17.0. The molecule has 2 atom stereocenters. The number of carbonyl (C=O) groups excluding carboxylic acids is 1. The number of carbonyl (C=O) groups is 1. The zero-order chi connectivity index (χ0) is 14.3. The lowest BCUT2D eigenvalue weighted by Crippen LogP contribution is -2.40. The van der Waals surface area contributed by atoms with Gasteiger partial charge in [0.2, 0.25) is 0 Å². The first-order chi connectivity index (χ1) is 8.72. The Morgan fingerprint density at radius 3 is 2.63 bits per heavy atom. The first-order valence-corrected chi connectivity index (χ1v) is 6.77. The molecule has 2 bridgehead atoms. The molecule has 0 spiro atoms. The maximum atomic E-state index is 12.0. The molecule has 108 valence electrons. The van der Waals surface area contributed by atoms with Crippen molar-refractivity contribution in [1.29, 1.82) is 0 Å². The molecule has 6 nitrogen and oxygen atoms in total. The summed E-state index contributed by atoms with van der Waals surface area (Å²) in [5, 5.41) is 0. The number of hydrogen-bond donors (Lipinski definition) is 0. The molecule has 0 aromatic carbocycles. The van der Waals surface area contributed by atoms with Gasteiger partial charge < -0.3 is 4.90 Å². The predicted octanol–water partition coefficient (Wildman–Crippen LogP) is 0.919. The van der Waals surface area contributed by atoms with Crippen LogP contribution in [0.15, 0.2) is 12.3 Å². The van der Waals surface area contributed by atoms with E-state index in [9.17, 15) is 26.4 Å². The Labute approximate surface area is 106 Å². The lowest BCUT2D eigenvalue weighted by Gasteiger charge is -2.26. The van der Waals surface area contributed by atoms with E-state index in [1.807, 2.05) is 6.08 Å². The second kappa shape index (κ2) is 4.67. The van der Waals surface area contributed by atoms with Gasteiger partial charge in [-0.2, -0.15) is 21.6 Å². The maximum absolute atomic E-state index is 12.0. The molecule has 0 aromatic heterocycles. The summed E-state index contributed by atoms with van der Waals surface area (Å²) in [6, 6.07) is -0.798. The molecule has 0 N–H and O–H groups in total. The van der Waals surface area contributed by atoms with Crippen LogP contribution in [0.4, 0.5) is 13.2 Å². The SMILES string of the molecule is O=C(OOS(=O)(=O)C(F)(F)F)C1C2CC=CN1CC2. The highest BCUT2D eigenvalue weighted by Crippen LogP contribution is 2.33. The molecule has 19 heavy (non-hydrogen) atoms. The van der Waals surface area contributed by atoms with Crippen molar-refractivity contribution in [2.24, 2.45) is 5.92 Å². The van der Waals surface area contributed by atoms with Gasteiger partial charge in [0.15, 0.2) is 0 Å². The average Bonchev–Trinajstić information content (AvgIpc) is 2.55. The van der Waals surface area contributed by atoms with Crippen LogP contribution in [0.25, 0.3) is 0 Å². The molecule has 10 heteroatoms. The Hall–Kier alpha value is -1.29. The minimum absolute atomic E-state index is 0.102. The number of halogens is 3. The first-order valence-electron chi connectivity index (χ1n) is 5.36. The summed E-state index contributed by atoms with van der Waals surface area (Å²) in [7, 11) is -5.93. The molecule has 2 aliphatic rings. The van der Waals surface area contributed by atoms with Crippen molar-refractivity contribution < 1.29 is 35.6 Å². The largest absolute Gasteiger partial charge is 0.526 e. The Balaban J connectivity index is 1.98. The third-order valence-electron chi connectivity index (χ3n) is 3.03. The molecule has 0 saturated carbocycles. The quantitative estimate of drug-likeness (QED) is 0.438. The van der Waals surface area contributed by atoms with Crippen molar-refractivity contribution in [3.63, 3.8) is 0 Å². The standard InChI is InChI=1S/C9H10F3NO5S/c10-9(11,12)19(15,16)18-17-8(14)7-6-2-1-4-13(7)5-3-6/h1,4,6-7H,2-3,5H2. The number of hydrogen-bond acceptors (Lipinski definition) is 6. The van der Waals surface area contributed by atoms with E-state index < -0.39 is 27.6 Å². The van der Waals surface area contributed by atoms with E-state index in [0.717, 1.165) is 0 Å². The van der Waals surface area contributed by atoms with Gasteiger partial charge in [0.1, 0.15) is 6.04 Å². The molecule has 2 heterocycles. The summed E-state index contributed by atoms with van der Waals surface area (Å²) in [6.07, 6.45) is 4.73. The van der Waals surface area contributed by atoms with Gasteiger partial charge in [-0.1, -0.05) is 6.08 Å². The fraction of sp³-hybridized carbons (Fsp3) is 0.667. The van der Waals surface area contributed by atoms with Crippen molar-refractivity contribution in [3.8, 4) is 0 Å². The number of nitrogens with zero attached hydrogens (tertiary/aromatic N) is 1. The zero-order valence-corrected chi connectivity index (χ0v) is 10.3. The Morgan fingerprint density at radius 2 is 2.05 bits per heavy atom. The Morgan fingerprint density at radius 1 is 1.37 bits per heavy atom. The van der Waals surface area contributed by atoms with Gasteiger partial charge in [0.25, 0.3) is 0 Å². The molecular weight excluding hydrogens is 291 g/mol. The fourth-order valence-corrected chi connectivity index (χ4v) is 2.40. The molecule has 0 amide bonds. The van der Waals surface area contributed by atoms with Crippen molar-refractivity contribution in [2.45, 2.75) is 24.4 Å². The van der Waals surface area contributed by atoms with Crippen molar-refractivity contribution in [2.75, 3.05) is 6.54 Å². The number of fused-ring (bicyclic) bond motifs is 2. The van der Waals surface area contributed by atoms with Gasteiger partial charge in [-0.25, -0.2) is 4.79 Å². The maximum Gasteiger partial charge on any atom is 0.526 e. The molecule has 2 unspecified atom stereocenters. The summed E-state index contributed by atoms with van der Waals surface area (Å²) < 4.78 is 60.3. The number of alkyl halides is 3. The fourth-order valence-electron chi connectivity index (χ4n) is 2.16. The molecule has 2 rings (SSSR count). The number of allylic oxidation sites excluding steroid dienone is 1. The van der Waals surface area contributed by atoms with Gasteiger partial charge >= 0.3 is 21.6 Å². The van der Waals surface area contributed by atoms with Crippen LogP contribution in [-0.2, 0) is 24.1 Å². The summed E-state index contributed by atoms with van der Waals surface area (Å²) in [5.74, 6) is -1.24. The highest BCUT2D eigenvalue weighted by molar-refractivity contribution is 7.87. The summed E-state index contributed by atoms with van der Waals surface area (Å²) in [5.41, 5.74) is -5.63. The smallest absolute Gasteiger partial charge is 0.364 e. The van der Waals surface area contributed by atoms with Gasteiger partial charge in [-0.05, 0) is 29.3 Å². The predicted molar refractivity (Wildman–Crippen MR) is 54.5 cm³/mol. The monoisotopic (exact) mass is 301 g/mol. The van der Waals surface area contributed by atoms with Gasteiger partial charge in [-0.15, -0.1) is 0 Å². The summed E-state index contributed by atoms with van der Waals surface area (Å²) >= 11 is 0. The van der Waals surface area contributed by atoms with Crippen LogP contribution in [0.1, 0.15) is 12.8 Å². The van der Waals surface area contributed by atoms with Crippen LogP contribution in [0, 0.1) is 5.92 Å². The minimum Gasteiger partial charge on any atom is -0.364 e. The van der Waals surface area contributed by atoms with E-state index in [-0.39, 0.29) is 5.92 Å². The van der Waals surface area contributed by atoms with Crippen molar-refractivity contribution >= 4 is 16.1 Å². The lowest BCUT2D eigenvalue weighted by atomic mass is 9.95. The van der Waals surface area contributed by atoms with Gasteiger partial charge in [0, 0.05) is 6.54 Å². The van der Waals surface area contributed by atoms with Crippen LogP contribution in [-0.4, -0.2) is 37.4 Å². The van der Waals surface area contributed by atoms with Gasteiger partial charge in [0.05, 0.1) is 0 Å².